The van der Waals surface area contributed by atoms with E-state index in [-0.39, 0.29) is 22.0 Å². The maximum Gasteiger partial charge on any atom is 0.435 e. The number of carbonyl (C=O) groups is 1. The molecule has 3 aromatic carbocycles. The number of alkyl halides is 5. The first-order valence-corrected chi connectivity index (χ1v) is 15.0. The Labute approximate surface area is 239 Å². The number of sulfonamides is 1. The first kappa shape index (κ1) is 28.8. The number of amides is 1. The lowest BCUT2D eigenvalue weighted by Crippen LogP contribution is -2.33. The van der Waals surface area contributed by atoms with Gasteiger partial charge in [-0.25, -0.2) is 22.6 Å². The van der Waals surface area contributed by atoms with Crippen LogP contribution in [0.1, 0.15) is 22.4 Å². The topological polar surface area (TPSA) is 90.3 Å². The third kappa shape index (κ3) is 6.89. The third-order valence-corrected chi connectivity index (χ3v) is 8.12. The van der Waals surface area contributed by atoms with E-state index in [1.807, 2.05) is 17.7 Å². The fourth-order valence-corrected chi connectivity index (χ4v) is 5.17. The average Bonchev–Trinajstić information content (AvgIpc) is 3.35. The lowest BCUT2D eigenvalue weighted by Gasteiger charge is -2.11. The summed E-state index contributed by atoms with van der Waals surface area (Å²) in [5.74, 6) is 0.159. The molecule has 0 bridgehead atoms. The van der Waals surface area contributed by atoms with E-state index < -0.39 is 28.0 Å². The summed E-state index contributed by atoms with van der Waals surface area (Å²) in [7, 11) is -4.35. The Morgan fingerprint density at radius 2 is 1.54 bits per heavy atom. The van der Waals surface area contributed by atoms with Crippen molar-refractivity contribution in [3.05, 3.63) is 95.2 Å². The maximum absolute atomic E-state index is 13.4. The molecule has 7 nitrogen and oxygen atoms in total. The Kier molecular flexibility index (Phi) is 8.52. The van der Waals surface area contributed by atoms with Gasteiger partial charge in [-0.15, -0.1) is 0 Å². The fraction of sp³-hybridized carbons (Fsp3) is 0.154. The number of hydrogen-bond acceptors (Lipinski definition) is 5. The van der Waals surface area contributed by atoms with Gasteiger partial charge in [0.2, 0.25) is 0 Å². The highest BCUT2D eigenvalue weighted by Gasteiger charge is 2.35. The summed E-state index contributed by atoms with van der Waals surface area (Å²) in [4.78, 5) is 12.1. The quantitative estimate of drug-likeness (QED) is 0.209. The van der Waals surface area contributed by atoms with Crippen LogP contribution in [-0.4, -0.2) is 24.3 Å². The molecule has 39 heavy (non-hydrogen) atoms. The van der Waals surface area contributed by atoms with Crippen molar-refractivity contribution in [1.29, 1.82) is 0 Å². The minimum absolute atomic E-state index is 0.159. The van der Waals surface area contributed by atoms with Crippen LogP contribution in [0.2, 0.25) is 0 Å². The molecule has 204 valence electrons. The van der Waals surface area contributed by atoms with Crippen LogP contribution in [-0.2, 0) is 26.9 Å². The molecule has 0 spiro atoms. The Bertz CT molecular complexity index is 1580. The molecule has 13 heteroatoms. The van der Waals surface area contributed by atoms with E-state index in [1.54, 1.807) is 36.4 Å². The monoisotopic (exact) mass is 685 g/mol. The second-order valence-electron chi connectivity index (χ2n) is 8.43. The summed E-state index contributed by atoms with van der Waals surface area (Å²) in [6, 6.07) is 17.8. The van der Waals surface area contributed by atoms with E-state index in [1.165, 1.54) is 12.1 Å². The number of carbonyl (C=O) groups excluding carboxylic acids is 1. The van der Waals surface area contributed by atoms with Gasteiger partial charge in [0.05, 0.1) is 16.3 Å². The summed E-state index contributed by atoms with van der Waals surface area (Å²) in [6.07, 6.45) is -5.89. The maximum atomic E-state index is 13.4. The molecule has 1 amide bonds. The van der Waals surface area contributed by atoms with E-state index in [4.69, 9.17) is 4.74 Å². The number of benzene rings is 3. The highest BCUT2D eigenvalue weighted by Crippen LogP contribution is 2.33. The molecule has 0 saturated carbocycles. The average molecular weight is 687 g/mol. The van der Waals surface area contributed by atoms with Gasteiger partial charge < -0.3 is 4.74 Å². The molecule has 0 aliphatic rings. The molecule has 0 aliphatic carbocycles. The molecule has 4 rings (SSSR count). The zero-order chi connectivity index (χ0) is 28.4. The molecule has 4 aromatic rings. The van der Waals surface area contributed by atoms with Crippen molar-refractivity contribution in [2.24, 2.45) is 0 Å². The van der Waals surface area contributed by atoms with Crippen LogP contribution in [0, 0.1) is 6.92 Å². The molecule has 0 saturated heterocycles. The fourth-order valence-electron chi connectivity index (χ4n) is 3.65. The van der Waals surface area contributed by atoms with Gasteiger partial charge in [-0.2, -0.15) is 18.3 Å². The van der Waals surface area contributed by atoms with Gasteiger partial charge in [-0.05, 0) is 60.5 Å². The lowest BCUT2D eigenvalue weighted by molar-refractivity contribution is -0.141. The molecular weight excluding hydrogens is 667 g/mol. The largest absolute Gasteiger partial charge is 0.435 e. The van der Waals surface area contributed by atoms with Gasteiger partial charge in [0.25, 0.3) is 10.0 Å². The van der Waals surface area contributed by atoms with Crippen LogP contribution in [0.4, 0.5) is 18.0 Å². The predicted octanol–water partition coefficient (Wildman–Crippen LogP) is 7.13. The molecule has 0 radical (unpaired) electrons. The standard InChI is InChI=1S/C26H20Br2F3N3O4S/c1-16-2-4-19(5-3-16)23-13-24(26(29,30)31)32-34(23)20-6-8-22(9-7-20)39(36,37)33-25(35)38-21-11-17(14-27)10-18(12-21)15-28/h2-13H,14-15H2,1H3,(H,33,35). The molecule has 0 aliphatic heterocycles. The Balaban J connectivity index is 1.58. The first-order valence-electron chi connectivity index (χ1n) is 11.2. The van der Waals surface area contributed by atoms with Gasteiger partial charge in [0, 0.05) is 16.2 Å². The van der Waals surface area contributed by atoms with Crippen molar-refractivity contribution in [3.8, 4) is 22.7 Å². The van der Waals surface area contributed by atoms with Crippen LogP contribution < -0.4 is 9.46 Å². The smallest absolute Gasteiger partial charge is 0.410 e. The minimum Gasteiger partial charge on any atom is -0.410 e. The lowest BCUT2D eigenvalue weighted by atomic mass is 10.1. The van der Waals surface area contributed by atoms with Crippen LogP contribution in [0.3, 0.4) is 0 Å². The summed E-state index contributed by atoms with van der Waals surface area (Å²) < 4.78 is 74.0. The van der Waals surface area contributed by atoms with E-state index in [2.05, 4.69) is 37.0 Å². The summed E-state index contributed by atoms with van der Waals surface area (Å²) in [6.45, 7) is 1.85. The number of ether oxygens (including phenoxy) is 1. The number of hydrogen-bond donors (Lipinski definition) is 1. The Morgan fingerprint density at radius 3 is 2.08 bits per heavy atom. The number of aryl methyl sites for hydroxylation is 1. The second-order valence-corrected chi connectivity index (χ2v) is 11.2. The van der Waals surface area contributed by atoms with E-state index in [9.17, 15) is 26.4 Å². The van der Waals surface area contributed by atoms with E-state index in [0.717, 1.165) is 39.6 Å². The van der Waals surface area contributed by atoms with Crippen molar-refractivity contribution in [3.63, 3.8) is 0 Å². The minimum atomic E-state index is -4.68. The highest BCUT2D eigenvalue weighted by molar-refractivity contribution is 9.08. The second kappa shape index (κ2) is 11.5. The SMILES string of the molecule is Cc1ccc(-c2cc(C(F)(F)F)nn2-c2ccc(S(=O)(=O)NC(=O)Oc3cc(CBr)cc(CBr)c3)cc2)cc1. The van der Waals surface area contributed by atoms with E-state index in [0.29, 0.717) is 16.2 Å². The van der Waals surface area contributed by atoms with Gasteiger partial charge in [0.1, 0.15) is 5.75 Å². The molecule has 0 atom stereocenters. The first-order chi connectivity index (χ1) is 18.4. The van der Waals surface area contributed by atoms with Gasteiger partial charge >= 0.3 is 12.3 Å². The van der Waals surface area contributed by atoms with Crippen molar-refractivity contribution in [2.45, 2.75) is 28.7 Å². The van der Waals surface area contributed by atoms with Crippen molar-refractivity contribution in [2.75, 3.05) is 0 Å². The van der Waals surface area contributed by atoms with Gasteiger partial charge in [-0.3, -0.25) is 0 Å². The van der Waals surface area contributed by atoms with Crippen molar-refractivity contribution >= 4 is 48.0 Å². The van der Waals surface area contributed by atoms with Gasteiger partial charge in [-0.1, -0.05) is 67.8 Å². The zero-order valence-electron chi connectivity index (χ0n) is 20.2. The summed E-state index contributed by atoms with van der Waals surface area (Å²) in [5, 5.41) is 4.72. The normalized spacial score (nSPS) is 11.8. The van der Waals surface area contributed by atoms with Crippen LogP contribution in [0.15, 0.2) is 77.7 Å². The Hall–Kier alpha value is -3.16. The molecule has 1 heterocycles. The highest BCUT2D eigenvalue weighted by atomic mass is 79.9. The zero-order valence-corrected chi connectivity index (χ0v) is 24.2. The van der Waals surface area contributed by atoms with Crippen LogP contribution in [0.25, 0.3) is 16.9 Å². The van der Waals surface area contributed by atoms with Crippen molar-refractivity contribution < 1.29 is 31.1 Å². The van der Waals surface area contributed by atoms with Crippen LogP contribution >= 0.6 is 31.9 Å². The Morgan fingerprint density at radius 1 is 0.949 bits per heavy atom. The number of rotatable bonds is 7. The molecule has 1 aromatic heterocycles. The molecule has 0 unspecified atom stereocenters. The number of aromatic nitrogens is 2. The molecule has 0 fully saturated rings. The third-order valence-electron chi connectivity index (χ3n) is 5.50. The summed E-state index contributed by atoms with van der Waals surface area (Å²) in [5.41, 5.74) is 2.35. The molecule has 1 N–H and O–H groups in total. The van der Waals surface area contributed by atoms with Gasteiger partial charge in [0.15, 0.2) is 5.69 Å². The summed E-state index contributed by atoms with van der Waals surface area (Å²) >= 11 is 6.65. The van der Waals surface area contributed by atoms with Crippen molar-refractivity contribution in [1.82, 2.24) is 14.5 Å². The molecular formula is C26H20Br2F3N3O4S. The number of nitrogens with one attached hydrogen (secondary N) is 1. The van der Waals surface area contributed by atoms with E-state index >= 15 is 0 Å². The van der Waals surface area contributed by atoms with Crippen LogP contribution in [0.5, 0.6) is 5.75 Å². The number of nitrogens with zero attached hydrogens (tertiary/aromatic N) is 2. The number of halogens is 5. The predicted molar refractivity (Wildman–Crippen MR) is 147 cm³/mol.